The molecule has 0 fully saturated rings. The van der Waals surface area contributed by atoms with Gasteiger partial charge in [-0.25, -0.2) is 0 Å². The van der Waals surface area contributed by atoms with E-state index in [9.17, 15) is 0 Å². The van der Waals surface area contributed by atoms with Crippen LogP contribution in [-0.4, -0.2) is 19.6 Å². The number of rotatable bonds is 5. The smallest absolute Gasteiger partial charge is 0.120 e. The maximum absolute atomic E-state index is 5.44. The van der Waals surface area contributed by atoms with Gasteiger partial charge in [0.25, 0.3) is 0 Å². The maximum Gasteiger partial charge on any atom is 0.120 e. The molecule has 0 bridgehead atoms. The molecule has 0 saturated carbocycles. The normalized spacial score (nSPS) is 16.3. The van der Waals surface area contributed by atoms with Gasteiger partial charge in [-0.1, -0.05) is 18.2 Å². The summed E-state index contributed by atoms with van der Waals surface area (Å²) in [4.78, 5) is 2.52. The van der Waals surface area contributed by atoms with E-state index >= 15 is 0 Å². The number of benzene rings is 1. The van der Waals surface area contributed by atoms with Crippen LogP contribution in [0.4, 0.5) is 5.69 Å². The third kappa shape index (κ3) is 3.48. The maximum atomic E-state index is 5.44. The van der Waals surface area contributed by atoms with Gasteiger partial charge in [-0.05, 0) is 49.9 Å². The van der Waals surface area contributed by atoms with Gasteiger partial charge in [-0.2, -0.15) is 0 Å². The van der Waals surface area contributed by atoms with Crippen molar-refractivity contribution in [2.75, 3.05) is 24.5 Å². The fourth-order valence-corrected chi connectivity index (χ4v) is 3.06. The minimum Gasteiger partial charge on any atom is -0.468 e. The summed E-state index contributed by atoms with van der Waals surface area (Å²) < 4.78 is 5.44. The van der Waals surface area contributed by atoms with Gasteiger partial charge >= 0.3 is 0 Å². The number of furan rings is 1. The Morgan fingerprint density at radius 3 is 2.95 bits per heavy atom. The predicted molar refractivity (Wildman–Crippen MR) is 86.7 cm³/mol. The minimum absolute atomic E-state index is 0.266. The molecule has 3 rings (SSSR count). The third-order valence-electron chi connectivity index (χ3n) is 4.26. The Morgan fingerprint density at radius 2 is 2.10 bits per heavy atom. The first-order chi connectivity index (χ1) is 10.3. The van der Waals surface area contributed by atoms with Crippen molar-refractivity contribution in [2.45, 2.75) is 32.2 Å². The fraction of sp³-hybridized carbons (Fsp3) is 0.444. The van der Waals surface area contributed by atoms with Gasteiger partial charge in [0.15, 0.2) is 0 Å². The van der Waals surface area contributed by atoms with Gasteiger partial charge in [-0.3, -0.25) is 0 Å². The summed E-state index contributed by atoms with van der Waals surface area (Å²) in [6, 6.07) is 13.1. The highest BCUT2D eigenvalue weighted by Gasteiger charge is 2.15. The molecule has 3 nitrogen and oxygen atoms in total. The number of hydrogen-bond acceptors (Lipinski definition) is 3. The highest BCUT2D eigenvalue weighted by Crippen LogP contribution is 2.25. The second kappa shape index (κ2) is 6.81. The van der Waals surface area contributed by atoms with Crippen molar-refractivity contribution in [2.24, 2.45) is 0 Å². The molecule has 2 heterocycles. The number of hydrogen-bond donors (Lipinski definition) is 1. The molecule has 1 N–H and O–H groups in total. The van der Waals surface area contributed by atoms with Crippen molar-refractivity contribution in [1.29, 1.82) is 0 Å². The zero-order valence-corrected chi connectivity index (χ0v) is 12.7. The summed E-state index contributed by atoms with van der Waals surface area (Å²) >= 11 is 0. The van der Waals surface area contributed by atoms with Crippen LogP contribution in [0, 0.1) is 0 Å². The van der Waals surface area contributed by atoms with Crippen LogP contribution in [0.5, 0.6) is 0 Å². The zero-order chi connectivity index (χ0) is 14.5. The SMILES string of the molecule is CC(NCCN1CCCCc2ccccc21)c1ccco1. The van der Waals surface area contributed by atoms with E-state index < -0.39 is 0 Å². The zero-order valence-electron chi connectivity index (χ0n) is 12.7. The first-order valence-corrected chi connectivity index (χ1v) is 7.94. The van der Waals surface area contributed by atoms with Gasteiger partial charge in [0.1, 0.15) is 5.76 Å². The topological polar surface area (TPSA) is 28.4 Å². The molecule has 0 amide bonds. The lowest BCUT2D eigenvalue weighted by molar-refractivity contribution is 0.432. The van der Waals surface area contributed by atoms with E-state index in [1.54, 1.807) is 6.26 Å². The summed E-state index contributed by atoms with van der Waals surface area (Å²) in [5, 5.41) is 3.55. The molecule has 1 unspecified atom stereocenters. The lowest BCUT2D eigenvalue weighted by Crippen LogP contribution is -2.33. The molecule has 0 spiro atoms. The number of fused-ring (bicyclic) bond motifs is 1. The third-order valence-corrected chi connectivity index (χ3v) is 4.26. The Bertz CT molecular complexity index is 550. The molecule has 2 aromatic rings. The second-order valence-electron chi connectivity index (χ2n) is 5.76. The standard InChI is InChI=1S/C18H24N2O/c1-15(18-10-6-14-21-18)19-11-13-20-12-5-4-8-16-7-2-3-9-17(16)20/h2-3,6-7,9-10,14-15,19H,4-5,8,11-13H2,1H3. The average Bonchev–Trinajstić information content (AvgIpc) is 2.97. The first kappa shape index (κ1) is 14.2. The highest BCUT2D eigenvalue weighted by molar-refractivity contribution is 5.54. The Morgan fingerprint density at radius 1 is 1.19 bits per heavy atom. The molecule has 1 aromatic heterocycles. The molecule has 112 valence electrons. The van der Waals surface area contributed by atoms with Crippen LogP contribution in [0.2, 0.25) is 0 Å². The molecule has 1 aromatic carbocycles. The van der Waals surface area contributed by atoms with Gasteiger partial charge in [0, 0.05) is 25.3 Å². The molecular formula is C18H24N2O. The molecule has 0 aliphatic carbocycles. The Balaban J connectivity index is 1.58. The number of nitrogens with zero attached hydrogens (tertiary/aromatic N) is 1. The molecule has 1 aliphatic heterocycles. The molecule has 1 aliphatic rings. The van der Waals surface area contributed by atoms with Gasteiger partial charge in [0.05, 0.1) is 12.3 Å². The lowest BCUT2D eigenvalue weighted by atomic mass is 10.1. The summed E-state index contributed by atoms with van der Waals surface area (Å²) in [5.74, 6) is 1.01. The van der Waals surface area contributed by atoms with E-state index in [-0.39, 0.29) is 6.04 Å². The molecule has 3 heteroatoms. The van der Waals surface area contributed by atoms with Crippen LogP contribution in [-0.2, 0) is 6.42 Å². The molecule has 0 saturated heterocycles. The Kier molecular flexibility index (Phi) is 4.61. The summed E-state index contributed by atoms with van der Waals surface area (Å²) in [6.07, 6.45) is 5.52. The van der Waals surface area contributed by atoms with Gasteiger partial charge in [-0.15, -0.1) is 0 Å². The van der Waals surface area contributed by atoms with Crippen molar-refractivity contribution < 1.29 is 4.42 Å². The van der Waals surface area contributed by atoms with Gasteiger partial charge < -0.3 is 14.6 Å². The van der Waals surface area contributed by atoms with Crippen LogP contribution in [0.15, 0.2) is 47.1 Å². The lowest BCUT2D eigenvalue weighted by Gasteiger charge is -2.25. The summed E-state index contributed by atoms with van der Waals surface area (Å²) in [5.41, 5.74) is 2.91. The van der Waals surface area contributed by atoms with Crippen molar-refractivity contribution in [3.05, 3.63) is 54.0 Å². The van der Waals surface area contributed by atoms with Crippen molar-refractivity contribution in [3.8, 4) is 0 Å². The van der Waals surface area contributed by atoms with E-state index in [0.29, 0.717) is 0 Å². The minimum atomic E-state index is 0.266. The highest BCUT2D eigenvalue weighted by atomic mass is 16.3. The van der Waals surface area contributed by atoms with Crippen molar-refractivity contribution in [3.63, 3.8) is 0 Å². The summed E-state index contributed by atoms with van der Waals surface area (Å²) in [6.45, 7) is 5.32. The first-order valence-electron chi connectivity index (χ1n) is 7.94. The van der Waals surface area contributed by atoms with E-state index in [4.69, 9.17) is 4.42 Å². The van der Waals surface area contributed by atoms with Gasteiger partial charge in [0.2, 0.25) is 0 Å². The van der Waals surface area contributed by atoms with E-state index in [1.807, 2.05) is 12.1 Å². The average molecular weight is 284 g/mol. The van der Waals surface area contributed by atoms with Crippen LogP contribution in [0.25, 0.3) is 0 Å². The number of para-hydroxylation sites is 1. The van der Waals surface area contributed by atoms with Crippen LogP contribution in [0.3, 0.4) is 0 Å². The number of anilines is 1. The quantitative estimate of drug-likeness (QED) is 0.906. The second-order valence-corrected chi connectivity index (χ2v) is 5.76. The molecule has 1 atom stereocenters. The largest absolute Gasteiger partial charge is 0.468 e. The van der Waals surface area contributed by atoms with Crippen LogP contribution < -0.4 is 10.2 Å². The van der Waals surface area contributed by atoms with E-state index in [0.717, 1.165) is 25.4 Å². The molecular weight excluding hydrogens is 260 g/mol. The molecule has 0 radical (unpaired) electrons. The number of nitrogens with one attached hydrogen (secondary N) is 1. The monoisotopic (exact) mass is 284 g/mol. The summed E-state index contributed by atoms with van der Waals surface area (Å²) in [7, 11) is 0. The van der Waals surface area contributed by atoms with Crippen LogP contribution in [0.1, 0.15) is 37.1 Å². The van der Waals surface area contributed by atoms with Crippen molar-refractivity contribution in [1.82, 2.24) is 5.32 Å². The Hall–Kier alpha value is -1.74. The van der Waals surface area contributed by atoms with Crippen LogP contribution >= 0.6 is 0 Å². The number of aryl methyl sites for hydroxylation is 1. The molecule has 21 heavy (non-hydrogen) atoms. The predicted octanol–water partition coefficient (Wildman–Crippen LogP) is 3.77. The van der Waals surface area contributed by atoms with E-state index in [1.165, 1.54) is 30.5 Å². The van der Waals surface area contributed by atoms with E-state index in [2.05, 4.69) is 41.4 Å². The Labute approximate surface area is 127 Å². The fourth-order valence-electron chi connectivity index (χ4n) is 3.06. The van der Waals surface area contributed by atoms with Crippen molar-refractivity contribution >= 4 is 5.69 Å².